The molecule has 28 heavy (non-hydrogen) atoms. The predicted octanol–water partition coefficient (Wildman–Crippen LogP) is 3.30. The van der Waals surface area contributed by atoms with Crippen LogP contribution in [0.3, 0.4) is 0 Å². The second-order valence-electron chi connectivity index (χ2n) is 6.48. The van der Waals surface area contributed by atoms with Gasteiger partial charge in [0.1, 0.15) is 5.75 Å². The molecule has 7 heteroatoms. The number of allylic oxidation sites excluding steroid dienone is 3. The standard InChI is InChI=1S/C21H19N3O3S/c1-27-21-9-5-4-8-18(21)20-14-19(15-6-2-3-7-15)23-24(20)16-10-12-17(13-11-16)28(22,25)26/h2-6,8-13,20H,14H2,1H3,(H2,22,25,26). The van der Waals surface area contributed by atoms with Gasteiger partial charge in [-0.2, -0.15) is 5.10 Å². The van der Waals surface area contributed by atoms with Gasteiger partial charge in [-0.15, -0.1) is 5.73 Å². The van der Waals surface area contributed by atoms with Gasteiger partial charge < -0.3 is 4.74 Å². The molecule has 0 saturated heterocycles. The van der Waals surface area contributed by atoms with Crippen molar-refractivity contribution in [2.24, 2.45) is 10.2 Å². The lowest BCUT2D eigenvalue weighted by molar-refractivity contribution is 0.405. The highest BCUT2D eigenvalue weighted by Crippen LogP contribution is 2.40. The van der Waals surface area contributed by atoms with Gasteiger partial charge in [-0.25, -0.2) is 13.6 Å². The Morgan fingerprint density at radius 3 is 2.57 bits per heavy atom. The van der Waals surface area contributed by atoms with Gasteiger partial charge in [-0.3, -0.25) is 5.01 Å². The van der Waals surface area contributed by atoms with Crippen molar-refractivity contribution < 1.29 is 13.2 Å². The first-order valence-corrected chi connectivity index (χ1v) is 10.3. The average Bonchev–Trinajstić information content (AvgIpc) is 3.37. The molecular formula is C21H19N3O3S. The molecule has 2 aliphatic rings. The summed E-state index contributed by atoms with van der Waals surface area (Å²) in [5, 5.41) is 11.9. The molecule has 1 aliphatic carbocycles. The summed E-state index contributed by atoms with van der Waals surface area (Å²) in [7, 11) is -2.10. The summed E-state index contributed by atoms with van der Waals surface area (Å²) in [6, 6.07) is 14.1. The number of rotatable bonds is 5. The largest absolute Gasteiger partial charge is 0.496 e. The molecule has 4 rings (SSSR count). The number of nitrogens with zero attached hydrogens (tertiary/aromatic N) is 2. The normalized spacial score (nSPS) is 18.4. The minimum atomic E-state index is -3.75. The molecule has 0 amide bonds. The Hall–Kier alpha value is -3.12. The van der Waals surface area contributed by atoms with Crippen molar-refractivity contribution in [3.05, 3.63) is 83.6 Å². The third-order valence-electron chi connectivity index (χ3n) is 4.75. The number of hydrogen-bond donors (Lipinski definition) is 1. The van der Waals surface area contributed by atoms with Crippen LogP contribution in [-0.4, -0.2) is 21.2 Å². The van der Waals surface area contributed by atoms with Crippen LogP contribution in [0.4, 0.5) is 5.69 Å². The highest BCUT2D eigenvalue weighted by molar-refractivity contribution is 7.89. The van der Waals surface area contributed by atoms with Crippen LogP contribution in [-0.2, 0) is 10.0 Å². The maximum atomic E-state index is 11.6. The van der Waals surface area contributed by atoms with E-state index >= 15 is 0 Å². The molecule has 6 nitrogen and oxygen atoms in total. The van der Waals surface area contributed by atoms with E-state index in [-0.39, 0.29) is 10.9 Å². The first-order valence-electron chi connectivity index (χ1n) is 8.73. The van der Waals surface area contributed by atoms with Gasteiger partial charge >= 0.3 is 0 Å². The van der Waals surface area contributed by atoms with Crippen LogP contribution in [0.5, 0.6) is 5.75 Å². The Bertz CT molecular complexity index is 1140. The maximum Gasteiger partial charge on any atom is 0.238 e. The number of sulfonamides is 1. The van der Waals surface area contributed by atoms with Crippen LogP contribution in [0.25, 0.3) is 0 Å². The molecule has 0 spiro atoms. The SMILES string of the molecule is COc1ccccc1C1CC(C2=C=CC=C2)=NN1c1ccc(S(N)(=O)=O)cc1. The van der Waals surface area contributed by atoms with Gasteiger partial charge in [0.05, 0.1) is 29.4 Å². The Balaban J connectivity index is 1.77. The lowest BCUT2D eigenvalue weighted by Gasteiger charge is -2.25. The zero-order valence-electron chi connectivity index (χ0n) is 15.2. The first kappa shape index (κ1) is 18.3. The number of para-hydroxylation sites is 1. The molecule has 0 fully saturated rings. The van der Waals surface area contributed by atoms with E-state index in [1.54, 1.807) is 19.2 Å². The third kappa shape index (κ3) is 3.39. The van der Waals surface area contributed by atoms with Crippen molar-refractivity contribution in [3.8, 4) is 5.75 Å². The third-order valence-corrected chi connectivity index (χ3v) is 5.68. The summed E-state index contributed by atoms with van der Waals surface area (Å²) < 4.78 is 28.7. The Morgan fingerprint density at radius 1 is 1.18 bits per heavy atom. The summed E-state index contributed by atoms with van der Waals surface area (Å²) >= 11 is 0. The second kappa shape index (κ2) is 7.13. The monoisotopic (exact) mass is 393 g/mol. The molecule has 1 aliphatic heterocycles. The van der Waals surface area contributed by atoms with Crippen LogP contribution < -0.4 is 14.9 Å². The van der Waals surface area contributed by atoms with Gasteiger partial charge in [0.25, 0.3) is 0 Å². The average molecular weight is 393 g/mol. The van der Waals surface area contributed by atoms with Crippen LogP contribution in [0, 0.1) is 0 Å². The molecule has 0 saturated carbocycles. The number of hydrogen-bond acceptors (Lipinski definition) is 5. The molecular weight excluding hydrogens is 374 g/mol. The van der Waals surface area contributed by atoms with E-state index in [0.29, 0.717) is 6.42 Å². The summed E-state index contributed by atoms with van der Waals surface area (Å²) in [5.41, 5.74) is 6.83. The van der Waals surface area contributed by atoms with Crippen LogP contribution >= 0.6 is 0 Å². The summed E-state index contributed by atoms with van der Waals surface area (Å²) in [6.45, 7) is 0. The van der Waals surface area contributed by atoms with Gasteiger partial charge in [0.15, 0.2) is 0 Å². The second-order valence-corrected chi connectivity index (χ2v) is 8.04. The quantitative estimate of drug-likeness (QED) is 0.790. The van der Waals surface area contributed by atoms with Gasteiger partial charge in [-0.1, -0.05) is 24.3 Å². The maximum absolute atomic E-state index is 11.6. The molecule has 0 bridgehead atoms. The van der Waals surface area contributed by atoms with E-state index in [4.69, 9.17) is 15.0 Å². The predicted molar refractivity (Wildman–Crippen MR) is 109 cm³/mol. The van der Waals surface area contributed by atoms with Crippen molar-refractivity contribution in [2.45, 2.75) is 17.4 Å². The zero-order chi connectivity index (χ0) is 19.7. The van der Waals surface area contributed by atoms with E-state index in [9.17, 15) is 8.42 Å². The molecule has 2 N–H and O–H groups in total. The molecule has 2 aromatic carbocycles. The van der Waals surface area contributed by atoms with E-state index < -0.39 is 10.0 Å². The molecule has 2 aromatic rings. The fourth-order valence-corrected chi connectivity index (χ4v) is 3.91. The van der Waals surface area contributed by atoms with Crippen molar-refractivity contribution in [1.29, 1.82) is 0 Å². The van der Waals surface area contributed by atoms with Gasteiger partial charge in [0, 0.05) is 17.6 Å². The summed E-state index contributed by atoms with van der Waals surface area (Å²) in [5.74, 6) is 0.779. The minimum absolute atomic E-state index is 0.0675. The van der Waals surface area contributed by atoms with Crippen LogP contribution in [0.15, 0.2) is 88.1 Å². The highest BCUT2D eigenvalue weighted by Gasteiger charge is 2.32. The number of ether oxygens (including phenoxy) is 1. The van der Waals surface area contributed by atoms with E-state index in [1.165, 1.54) is 12.1 Å². The molecule has 142 valence electrons. The molecule has 1 heterocycles. The molecule has 0 radical (unpaired) electrons. The minimum Gasteiger partial charge on any atom is -0.496 e. The Kier molecular flexibility index (Phi) is 4.65. The molecule has 1 unspecified atom stereocenters. The van der Waals surface area contributed by atoms with Crippen molar-refractivity contribution in [3.63, 3.8) is 0 Å². The fourth-order valence-electron chi connectivity index (χ4n) is 3.39. The summed E-state index contributed by atoms with van der Waals surface area (Å²) in [6.07, 6.45) is 6.45. The zero-order valence-corrected chi connectivity index (χ0v) is 16.1. The first-order chi connectivity index (χ1) is 13.5. The van der Waals surface area contributed by atoms with Gasteiger partial charge in [0.2, 0.25) is 10.0 Å². The molecule has 1 atom stereocenters. The summed E-state index contributed by atoms with van der Waals surface area (Å²) in [4.78, 5) is 0.0675. The van der Waals surface area contributed by atoms with Crippen molar-refractivity contribution in [2.75, 3.05) is 12.1 Å². The van der Waals surface area contributed by atoms with E-state index in [1.807, 2.05) is 47.5 Å². The topological polar surface area (TPSA) is 85.0 Å². The highest BCUT2D eigenvalue weighted by atomic mass is 32.2. The number of hydrazone groups is 1. The fraction of sp³-hybridized carbons (Fsp3) is 0.143. The number of primary sulfonamides is 1. The Labute approximate surface area is 164 Å². The van der Waals surface area contributed by atoms with E-state index in [2.05, 4.69) is 5.73 Å². The van der Waals surface area contributed by atoms with Crippen LogP contribution in [0.2, 0.25) is 0 Å². The smallest absolute Gasteiger partial charge is 0.238 e. The molecule has 0 aromatic heterocycles. The Morgan fingerprint density at radius 2 is 1.93 bits per heavy atom. The number of benzene rings is 2. The van der Waals surface area contributed by atoms with Crippen molar-refractivity contribution >= 4 is 21.4 Å². The van der Waals surface area contributed by atoms with Crippen molar-refractivity contribution in [1.82, 2.24) is 0 Å². The lowest BCUT2D eigenvalue weighted by Crippen LogP contribution is -2.19. The number of methoxy groups -OCH3 is 1. The van der Waals surface area contributed by atoms with E-state index in [0.717, 1.165) is 28.3 Å². The number of anilines is 1. The van der Waals surface area contributed by atoms with Crippen LogP contribution in [0.1, 0.15) is 18.0 Å². The van der Waals surface area contributed by atoms with Gasteiger partial charge in [-0.05, 0) is 42.5 Å². The number of nitrogens with two attached hydrogens (primary N) is 1. The lowest BCUT2D eigenvalue weighted by atomic mass is 9.98.